The number of nitrogens with zero attached hydrogens (tertiary/aromatic N) is 3. The van der Waals surface area contributed by atoms with Crippen LogP contribution in [0.4, 0.5) is 0 Å². The summed E-state index contributed by atoms with van der Waals surface area (Å²) < 4.78 is 3.02. The molecule has 0 unspecified atom stereocenters. The first-order valence-electron chi connectivity index (χ1n) is 6.12. The Morgan fingerprint density at radius 1 is 1.47 bits per heavy atom. The predicted octanol–water partition coefficient (Wildman–Crippen LogP) is 1.45. The van der Waals surface area contributed by atoms with Gasteiger partial charge in [-0.1, -0.05) is 0 Å². The van der Waals surface area contributed by atoms with Crippen molar-refractivity contribution in [3.63, 3.8) is 0 Å². The molecule has 1 N–H and O–H groups in total. The highest BCUT2D eigenvalue weighted by molar-refractivity contribution is 9.10. The summed E-state index contributed by atoms with van der Waals surface area (Å²) in [5, 5.41) is 14.7. The Hall–Kier alpha value is -0.390. The minimum Gasteiger partial charge on any atom is -0.387 e. The number of halogens is 1. The predicted molar refractivity (Wildman–Crippen MR) is 68.6 cm³/mol. The van der Waals surface area contributed by atoms with E-state index in [1.807, 2.05) is 18.7 Å². The zero-order valence-electron chi connectivity index (χ0n) is 10.3. The second-order valence-electron chi connectivity index (χ2n) is 5.49. The average molecular weight is 300 g/mol. The minimum absolute atomic E-state index is 0.389. The lowest BCUT2D eigenvalue weighted by molar-refractivity contribution is -0.117. The van der Waals surface area contributed by atoms with Crippen molar-refractivity contribution in [1.82, 2.24) is 14.7 Å². The van der Waals surface area contributed by atoms with Crippen molar-refractivity contribution in [2.75, 3.05) is 13.1 Å². The molecule has 2 fully saturated rings. The molecule has 3 rings (SSSR count). The first-order chi connectivity index (χ1) is 7.99. The van der Waals surface area contributed by atoms with Crippen LogP contribution in [0.2, 0.25) is 0 Å². The van der Waals surface area contributed by atoms with Gasteiger partial charge in [0, 0.05) is 26.7 Å². The molecule has 1 saturated carbocycles. The summed E-state index contributed by atoms with van der Waals surface area (Å²) in [7, 11) is 1.97. The molecule has 4 nitrogen and oxygen atoms in total. The lowest BCUT2D eigenvalue weighted by Crippen LogP contribution is -2.62. The SMILES string of the molecule is Cc1nn(C)c(CN2CC(O)(C3CC3)C2)c1Br. The lowest BCUT2D eigenvalue weighted by Gasteiger charge is -2.47. The normalized spacial score (nSPS) is 23.8. The molecular weight excluding hydrogens is 282 g/mol. The van der Waals surface area contributed by atoms with Crippen LogP contribution >= 0.6 is 15.9 Å². The van der Waals surface area contributed by atoms with Gasteiger partial charge in [0.1, 0.15) is 0 Å². The standard InChI is InChI=1S/C12H18BrN3O/c1-8-11(13)10(15(2)14-8)5-16-6-12(17,7-16)9-3-4-9/h9,17H,3-7H2,1-2H3. The van der Waals surface area contributed by atoms with Gasteiger partial charge in [-0.05, 0) is 41.6 Å². The molecule has 0 spiro atoms. The van der Waals surface area contributed by atoms with Crippen LogP contribution in [0.1, 0.15) is 24.2 Å². The molecule has 1 aromatic heterocycles. The van der Waals surface area contributed by atoms with Gasteiger partial charge in [-0.2, -0.15) is 5.10 Å². The van der Waals surface area contributed by atoms with E-state index >= 15 is 0 Å². The molecule has 94 valence electrons. The second-order valence-corrected chi connectivity index (χ2v) is 6.29. The van der Waals surface area contributed by atoms with Gasteiger partial charge in [0.05, 0.1) is 21.5 Å². The molecule has 1 saturated heterocycles. The van der Waals surface area contributed by atoms with Gasteiger partial charge in [0.15, 0.2) is 0 Å². The molecular formula is C12H18BrN3O. The number of hydrogen-bond donors (Lipinski definition) is 1. The second kappa shape index (κ2) is 3.80. The van der Waals surface area contributed by atoms with Gasteiger partial charge in [0.25, 0.3) is 0 Å². The van der Waals surface area contributed by atoms with E-state index in [4.69, 9.17) is 0 Å². The summed E-state index contributed by atoms with van der Waals surface area (Å²) >= 11 is 3.58. The Labute approximate surface area is 110 Å². The summed E-state index contributed by atoms with van der Waals surface area (Å²) in [4.78, 5) is 2.29. The van der Waals surface area contributed by atoms with Crippen molar-refractivity contribution in [2.45, 2.75) is 31.9 Å². The summed E-state index contributed by atoms with van der Waals surface area (Å²) in [6, 6.07) is 0. The van der Waals surface area contributed by atoms with Gasteiger partial charge < -0.3 is 5.11 Å². The Morgan fingerprint density at radius 3 is 2.59 bits per heavy atom. The number of aliphatic hydroxyl groups is 1. The zero-order chi connectivity index (χ0) is 12.2. The maximum Gasteiger partial charge on any atom is 0.0928 e. The summed E-state index contributed by atoms with van der Waals surface area (Å²) in [5.74, 6) is 0.565. The van der Waals surface area contributed by atoms with Crippen LogP contribution in [0.3, 0.4) is 0 Å². The molecule has 17 heavy (non-hydrogen) atoms. The first-order valence-corrected chi connectivity index (χ1v) is 6.91. The van der Waals surface area contributed by atoms with Gasteiger partial charge in [-0.15, -0.1) is 0 Å². The topological polar surface area (TPSA) is 41.3 Å². The van der Waals surface area contributed by atoms with E-state index in [0.717, 1.165) is 29.8 Å². The van der Waals surface area contributed by atoms with E-state index in [0.29, 0.717) is 5.92 Å². The van der Waals surface area contributed by atoms with Crippen molar-refractivity contribution in [1.29, 1.82) is 0 Å². The van der Waals surface area contributed by atoms with Crippen LogP contribution in [0.25, 0.3) is 0 Å². The average Bonchev–Trinajstić information content (AvgIpc) is 3.01. The highest BCUT2D eigenvalue weighted by Crippen LogP contribution is 2.44. The summed E-state index contributed by atoms with van der Waals surface area (Å²) in [6.07, 6.45) is 2.41. The van der Waals surface area contributed by atoms with E-state index in [2.05, 4.69) is 25.9 Å². The maximum atomic E-state index is 10.3. The van der Waals surface area contributed by atoms with Gasteiger partial charge in [-0.25, -0.2) is 0 Å². The fourth-order valence-corrected chi connectivity index (χ4v) is 3.24. The Kier molecular flexibility index (Phi) is 2.61. The smallest absolute Gasteiger partial charge is 0.0928 e. The van der Waals surface area contributed by atoms with Crippen molar-refractivity contribution in [2.24, 2.45) is 13.0 Å². The van der Waals surface area contributed by atoms with Crippen molar-refractivity contribution < 1.29 is 5.11 Å². The van der Waals surface area contributed by atoms with Crippen LogP contribution in [-0.2, 0) is 13.6 Å². The molecule has 0 atom stereocenters. The molecule has 0 amide bonds. The summed E-state index contributed by atoms with van der Waals surface area (Å²) in [5.41, 5.74) is 1.83. The van der Waals surface area contributed by atoms with Crippen LogP contribution in [0, 0.1) is 12.8 Å². The van der Waals surface area contributed by atoms with E-state index in [1.54, 1.807) is 0 Å². The molecule has 2 aliphatic rings. The van der Waals surface area contributed by atoms with Gasteiger partial charge in [0.2, 0.25) is 0 Å². The van der Waals surface area contributed by atoms with E-state index in [1.165, 1.54) is 18.5 Å². The van der Waals surface area contributed by atoms with E-state index in [9.17, 15) is 5.11 Å². The first kappa shape index (κ1) is 11.7. The Balaban J connectivity index is 1.65. The largest absolute Gasteiger partial charge is 0.387 e. The number of β-amino-alcohol motifs (C(OH)–C–C–N with tert-alkyl or cyclic N) is 1. The molecule has 1 aliphatic heterocycles. The maximum absolute atomic E-state index is 10.3. The summed E-state index contributed by atoms with van der Waals surface area (Å²) in [6.45, 7) is 4.50. The number of likely N-dealkylation sites (tertiary alicyclic amines) is 1. The van der Waals surface area contributed by atoms with Crippen molar-refractivity contribution in [3.8, 4) is 0 Å². The van der Waals surface area contributed by atoms with Gasteiger partial charge >= 0.3 is 0 Å². The van der Waals surface area contributed by atoms with E-state index in [-0.39, 0.29) is 5.60 Å². The van der Waals surface area contributed by atoms with Crippen molar-refractivity contribution in [3.05, 3.63) is 15.9 Å². The number of aryl methyl sites for hydroxylation is 2. The Bertz CT molecular complexity index is 447. The van der Waals surface area contributed by atoms with E-state index < -0.39 is 0 Å². The fraction of sp³-hybridized carbons (Fsp3) is 0.750. The lowest BCUT2D eigenvalue weighted by atomic mass is 9.88. The highest BCUT2D eigenvalue weighted by atomic mass is 79.9. The third-order valence-electron chi connectivity index (χ3n) is 3.97. The highest BCUT2D eigenvalue weighted by Gasteiger charge is 2.51. The van der Waals surface area contributed by atoms with Crippen LogP contribution in [0.15, 0.2) is 4.47 Å². The molecule has 0 radical (unpaired) electrons. The van der Waals surface area contributed by atoms with Crippen LogP contribution < -0.4 is 0 Å². The van der Waals surface area contributed by atoms with Crippen molar-refractivity contribution >= 4 is 15.9 Å². The van der Waals surface area contributed by atoms with Crippen LogP contribution in [-0.4, -0.2) is 38.5 Å². The fourth-order valence-electron chi connectivity index (χ4n) is 2.78. The third-order valence-corrected chi connectivity index (χ3v) is 5.00. The third kappa shape index (κ3) is 1.94. The molecule has 1 aliphatic carbocycles. The van der Waals surface area contributed by atoms with Gasteiger partial charge in [-0.3, -0.25) is 9.58 Å². The molecule has 0 aromatic carbocycles. The number of aromatic nitrogens is 2. The number of rotatable bonds is 3. The molecule has 0 bridgehead atoms. The van der Waals surface area contributed by atoms with Crippen LogP contribution in [0.5, 0.6) is 0 Å². The Morgan fingerprint density at radius 2 is 2.12 bits per heavy atom. The monoisotopic (exact) mass is 299 g/mol. The number of hydrogen-bond acceptors (Lipinski definition) is 3. The molecule has 1 aromatic rings. The zero-order valence-corrected chi connectivity index (χ0v) is 11.9. The minimum atomic E-state index is -0.389. The quantitative estimate of drug-likeness (QED) is 0.918. The molecule has 2 heterocycles. The molecule has 5 heteroatoms.